The maximum absolute atomic E-state index is 12.7. The number of ether oxygens (including phenoxy) is 1. The van der Waals surface area contributed by atoms with Crippen molar-refractivity contribution in [3.63, 3.8) is 0 Å². The number of nitrogens with zero attached hydrogens (tertiary/aromatic N) is 8. The Morgan fingerprint density at radius 1 is 0.804 bits per heavy atom. The predicted octanol–water partition coefficient (Wildman–Crippen LogP) is 4.35. The molecule has 254 valence electrons. The van der Waals surface area contributed by atoms with Gasteiger partial charge < -0.3 is 4.74 Å². The number of hydrogen-bond acceptors (Lipinski definition) is 9. The van der Waals surface area contributed by atoms with Crippen LogP contribution in [0.2, 0.25) is 0 Å². The lowest BCUT2D eigenvalue weighted by atomic mass is 9.86. The van der Waals surface area contributed by atoms with Crippen LogP contribution in [0.15, 0.2) is 82.9 Å². The van der Waals surface area contributed by atoms with Crippen LogP contribution in [0.4, 0.5) is 0 Å². The van der Waals surface area contributed by atoms with Crippen LogP contribution in [0, 0.1) is 35.0 Å². The lowest BCUT2D eigenvalue weighted by molar-refractivity contribution is 0.177. The van der Waals surface area contributed by atoms with E-state index in [4.69, 9.17) is 9.72 Å². The van der Waals surface area contributed by atoms with Gasteiger partial charge in [0.25, 0.3) is 11.1 Å². The molecule has 2 unspecified atom stereocenters. The van der Waals surface area contributed by atoms with Gasteiger partial charge in [0.05, 0.1) is 11.0 Å². The summed E-state index contributed by atoms with van der Waals surface area (Å²) in [6.45, 7) is 6.44. The van der Waals surface area contributed by atoms with Crippen molar-refractivity contribution in [1.82, 2.24) is 39.0 Å². The fourth-order valence-corrected chi connectivity index (χ4v) is 6.33. The molecule has 0 radical (unpaired) electrons. The molecule has 6 aromatic heterocycles. The van der Waals surface area contributed by atoms with Gasteiger partial charge >= 0.3 is 0 Å². The Bertz CT molecular complexity index is 2490. The zero-order valence-corrected chi connectivity index (χ0v) is 28.8. The smallest absolute Gasteiger partial charge is 0.280 e. The average molecular weight is 677 g/mol. The third-order valence-corrected chi connectivity index (χ3v) is 9.37. The van der Waals surface area contributed by atoms with Crippen molar-refractivity contribution in [2.45, 2.75) is 52.6 Å². The largest absolute Gasteiger partial charge is 0.385 e. The third kappa shape index (κ3) is 7.30. The number of hydrogen-bond donors (Lipinski definition) is 0. The van der Waals surface area contributed by atoms with Crippen molar-refractivity contribution in [3.05, 3.63) is 128 Å². The van der Waals surface area contributed by atoms with E-state index in [1.54, 1.807) is 41.0 Å². The number of fused-ring (bicyclic) bond motifs is 4. The van der Waals surface area contributed by atoms with E-state index < -0.39 is 0 Å². The highest BCUT2D eigenvalue weighted by atomic mass is 16.5. The number of pyridine rings is 4. The van der Waals surface area contributed by atoms with Gasteiger partial charge in [0.2, 0.25) is 0 Å². The van der Waals surface area contributed by atoms with E-state index in [0.29, 0.717) is 64.6 Å². The molecule has 0 fully saturated rings. The minimum atomic E-state index is -0.0749. The summed E-state index contributed by atoms with van der Waals surface area (Å²) in [4.78, 5) is 51.8. The van der Waals surface area contributed by atoms with Gasteiger partial charge in [-0.05, 0) is 72.4 Å². The fourth-order valence-electron chi connectivity index (χ4n) is 6.33. The van der Waals surface area contributed by atoms with Crippen LogP contribution in [0.3, 0.4) is 0 Å². The zero-order chi connectivity index (χ0) is 35.4. The second-order valence-electron chi connectivity index (χ2n) is 13.2. The van der Waals surface area contributed by atoms with E-state index in [9.17, 15) is 9.59 Å². The standard InChI is InChI=1S/C20H18N4O2.C20H18N4O/c1-26-9-7-15-11-18-23-17-10-14(5-6-16-4-2-3-8-21-16)12-22-19(17)20(25)24(18)13-15;1-3-20(2)11-17-23-16-10-14(7-8-15-6-4-5-9-21-15)12-22-18(16)19(25)24(17)13-20/h2-4,8,10,12,15H,7,9,11,13H2,1H3;4-6,9-10,12H,3,11,13H2,1-2H3. The van der Waals surface area contributed by atoms with Crippen LogP contribution in [0.25, 0.3) is 22.1 Å². The second kappa shape index (κ2) is 14.4. The molecule has 51 heavy (non-hydrogen) atoms. The summed E-state index contributed by atoms with van der Waals surface area (Å²) in [6, 6.07) is 14.8. The Labute approximate surface area is 294 Å². The van der Waals surface area contributed by atoms with Crippen molar-refractivity contribution in [1.29, 1.82) is 0 Å². The van der Waals surface area contributed by atoms with Crippen LogP contribution < -0.4 is 11.1 Å². The predicted molar refractivity (Wildman–Crippen MR) is 194 cm³/mol. The van der Waals surface area contributed by atoms with Crippen LogP contribution in [0.5, 0.6) is 0 Å². The number of rotatable bonds is 4. The lowest BCUT2D eigenvalue weighted by Crippen LogP contribution is -2.24. The second-order valence-corrected chi connectivity index (χ2v) is 13.2. The molecule has 0 aromatic carbocycles. The van der Waals surface area contributed by atoms with E-state index in [0.717, 1.165) is 42.9 Å². The molecule has 0 N–H and O–H groups in total. The fraction of sp³-hybridized carbons (Fsp3) is 0.300. The van der Waals surface area contributed by atoms with Gasteiger partial charge in [-0.25, -0.2) is 29.9 Å². The average Bonchev–Trinajstić information content (AvgIpc) is 3.74. The maximum Gasteiger partial charge on any atom is 0.280 e. The summed E-state index contributed by atoms with van der Waals surface area (Å²) in [5.41, 5.74) is 4.82. The first-order chi connectivity index (χ1) is 24.8. The molecule has 8 rings (SSSR count). The summed E-state index contributed by atoms with van der Waals surface area (Å²) in [6.07, 6.45) is 10.2. The van der Waals surface area contributed by atoms with E-state index >= 15 is 0 Å². The van der Waals surface area contributed by atoms with Gasteiger partial charge in [0.1, 0.15) is 23.0 Å². The number of methoxy groups -OCH3 is 1. The lowest BCUT2D eigenvalue weighted by Gasteiger charge is -2.18. The van der Waals surface area contributed by atoms with E-state index in [2.05, 4.69) is 62.4 Å². The van der Waals surface area contributed by atoms with Crippen LogP contribution in [0.1, 0.15) is 60.9 Å². The van der Waals surface area contributed by atoms with E-state index in [1.807, 2.05) is 48.5 Å². The molecule has 11 heteroatoms. The Morgan fingerprint density at radius 3 is 1.94 bits per heavy atom. The van der Waals surface area contributed by atoms with Gasteiger partial charge in [0, 0.05) is 75.6 Å². The highest BCUT2D eigenvalue weighted by Crippen LogP contribution is 2.33. The van der Waals surface area contributed by atoms with Crippen LogP contribution in [-0.2, 0) is 30.7 Å². The first-order valence-electron chi connectivity index (χ1n) is 17.0. The molecule has 0 spiro atoms. The van der Waals surface area contributed by atoms with Gasteiger partial charge in [0.15, 0.2) is 11.0 Å². The minimum absolute atomic E-state index is 0.0542. The zero-order valence-electron chi connectivity index (χ0n) is 28.8. The van der Waals surface area contributed by atoms with Crippen molar-refractivity contribution >= 4 is 22.1 Å². The van der Waals surface area contributed by atoms with Gasteiger partial charge in [-0.1, -0.05) is 37.8 Å². The summed E-state index contributed by atoms with van der Waals surface area (Å²) >= 11 is 0. The van der Waals surface area contributed by atoms with Crippen molar-refractivity contribution in [3.8, 4) is 23.7 Å². The van der Waals surface area contributed by atoms with E-state index in [1.165, 1.54) is 0 Å². The Kier molecular flexibility index (Phi) is 9.47. The molecule has 0 saturated heterocycles. The van der Waals surface area contributed by atoms with Gasteiger partial charge in [-0.3, -0.25) is 18.7 Å². The molecule has 0 bridgehead atoms. The Morgan fingerprint density at radius 2 is 1.39 bits per heavy atom. The normalized spacial score (nSPS) is 17.0. The van der Waals surface area contributed by atoms with Crippen LogP contribution in [-0.4, -0.2) is 52.8 Å². The molecule has 2 aliphatic heterocycles. The Balaban J connectivity index is 0.000000159. The summed E-state index contributed by atoms with van der Waals surface area (Å²) < 4.78 is 8.67. The topological polar surface area (TPSA) is 131 Å². The molecule has 11 nitrogen and oxygen atoms in total. The summed E-state index contributed by atoms with van der Waals surface area (Å²) in [5, 5.41) is 0. The molecule has 2 aliphatic rings. The minimum Gasteiger partial charge on any atom is -0.385 e. The van der Waals surface area contributed by atoms with Gasteiger partial charge in [-0.15, -0.1) is 0 Å². The van der Waals surface area contributed by atoms with Crippen molar-refractivity contribution in [2.75, 3.05) is 13.7 Å². The Hall–Kier alpha value is -6.04. The van der Waals surface area contributed by atoms with Crippen LogP contribution >= 0.6 is 0 Å². The molecule has 0 amide bonds. The molecule has 8 heterocycles. The molecule has 2 atom stereocenters. The summed E-state index contributed by atoms with van der Waals surface area (Å²) in [7, 11) is 1.69. The first kappa shape index (κ1) is 33.5. The number of aromatic nitrogens is 8. The highest BCUT2D eigenvalue weighted by Gasteiger charge is 2.33. The van der Waals surface area contributed by atoms with Crippen molar-refractivity contribution < 1.29 is 4.74 Å². The third-order valence-electron chi connectivity index (χ3n) is 9.37. The quantitative estimate of drug-likeness (QED) is 0.250. The SMILES string of the molecule is CCC1(C)Cc2nc3cc(C#Cc4ccccn4)cnc3c(=O)n2C1.COCCC1Cc2nc3cc(C#Cc4ccccn4)cnc3c(=O)n2C1. The maximum atomic E-state index is 12.7. The van der Waals surface area contributed by atoms with Crippen molar-refractivity contribution in [2.24, 2.45) is 11.3 Å². The molecular weight excluding hydrogens is 640 g/mol. The monoisotopic (exact) mass is 676 g/mol. The summed E-state index contributed by atoms with van der Waals surface area (Å²) in [5.74, 6) is 14.1. The van der Waals surface area contributed by atoms with Gasteiger partial charge in [-0.2, -0.15) is 0 Å². The molecule has 0 aliphatic carbocycles. The molecule has 0 saturated carbocycles. The molecule has 6 aromatic rings. The first-order valence-corrected chi connectivity index (χ1v) is 17.0. The van der Waals surface area contributed by atoms with E-state index in [-0.39, 0.29) is 16.5 Å². The highest BCUT2D eigenvalue weighted by molar-refractivity contribution is 5.75. The molecular formula is C40H36N8O3.